The van der Waals surface area contributed by atoms with Crippen molar-refractivity contribution in [3.05, 3.63) is 29.3 Å². The summed E-state index contributed by atoms with van der Waals surface area (Å²) in [5, 5.41) is 4.59. The number of nitrogens with one attached hydrogen (secondary N) is 1. The molecule has 4 nitrogen and oxygen atoms in total. The molecule has 1 aromatic carbocycles. The Labute approximate surface area is 153 Å². The van der Waals surface area contributed by atoms with Gasteiger partial charge in [-0.25, -0.2) is 4.98 Å². The lowest BCUT2D eigenvalue weighted by atomic mass is 9.93. The fourth-order valence-electron chi connectivity index (χ4n) is 3.74. The number of rotatable bonds is 2. The first-order chi connectivity index (χ1) is 11.3. The summed E-state index contributed by atoms with van der Waals surface area (Å²) in [6, 6.07) is 8.36. The highest BCUT2D eigenvalue weighted by molar-refractivity contribution is 7.18. The van der Waals surface area contributed by atoms with Gasteiger partial charge in [0.1, 0.15) is 0 Å². The van der Waals surface area contributed by atoms with Gasteiger partial charge in [-0.1, -0.05) is 12.1 Å². The Morgan fingerprint density at radius 1 is 1.12 bits per heavy atom. The van der Waals surface area contributed by atoms with E-state index in [0.29, 0.717) is 11.8 Å². The number of likely N-dealkylation sites (tertiary alicyclic amines) is 1. The topological polar surface area (TPSA) is 45.2 Å². The van der Waals surface area contributed by atoms with Crippen molar-refractivity contribution in [3.8, 4) is 0 Å². The van der Waals surface area contributed by atoms with Crippen LogP contribution in [0.4, 0.5) is 0 Å². The van der Waals surface area contributed by atoms with Crippen LogP contribution in [0.3, 0.4) is 0 Å². The Morgan fingerprint density at radius 2 is 1.83 bits per heavy atom. The Kier molecular flexibility index (Phi) is 5.74. The summed E-state index contributed by atoms with van der Waals surface area (Å²) in [7, 11) is 0. The molecular weight excluding hydrogens is 342 g/mol. The van der Waals surface area contributed by atoms with Gasteiger partial charge in [0.15, 0.2) is 0 Å². The number of aromatic nitrogens is 1. The van der Waals surface area contributed by atoms with Crippen LogP contribution in [0.2, 0.25) is 0 Å². The maximum Gasteiger partial charge on any atom is 0.225 e. The molecule has 0 unspecified atom stereocenters. The molecule has 0 aliphatic carbocycles. The molecule has 1 aromatic heterocycles. The van der Waals surface area contributed by atoms with Crippen molar-refractivity contribution in [2.75, 3.05) is 26.2 Å². The van der Waals surface area contributed by atoms with Crippen LogP contribution in [-0.2, 0) is 4.79 Å². The van der Waals surface area contributed by atoms with Crippen molar-refractivity contribution in [1.29, 1.82) is 0 Å². The minimum absolute atomic E-state index is 0. The van der Waals surface area contributed by atoms with Crippen molar-refractivity contribution in [1.82, 2.24) is 15.2 Å². The van der Waals surface area contributed by atoms with Gasteiger partial charge in [-0.3, -0.25) is 4.79 Å². The largest absolute Gasteiger partial charge is 0.342 e. The molecule has 0 saturated carbocycles. The lowest BCUT2D eigenvalue weighted by molar-refractivity contribution is -0.137. The Morgan fingerprint density at radius 3 is 2.54 bits per heavy atom. The van der Waals surface area contributed by atoms with Crippen molar-refractivity contribution in [2.24, 2.45) is 5.92 Å². The van der Waals surface area contributed by atoms with Crippen LogP contribution in [0, 0.1) is 5.92 Å². The summed E-state index contributed by atoms with van der Waals surface area (Å²) in [6.07, 6.45) is 4.10. The lowest BCUT2D eigenvalue weighted by Gasteiger charge is -2.34. The second-order valence-corrected chi connectivity index (χ2v) is 7.71. The van der Waals surface area contributed by atoms with Gasteiger partial charge in [-0.05, 0) is 50.9 Å². The zero-order valence-electron chi connectivity index (χ0n) is 13.7. The van der Waals surface area contributed by atoms with E-state index >= 15 is 0 Å². The molecule has 1 N–H and O–H groups in total. The Hall–Kier alpha value is -1.17. The standard InChI is InChI=1S/C18H23N3OS.ClH/c22-18(14-5-9-19-10-6-14)21-11-7-13(8-12-21)17-20-15-3-1-2-4-16(15)23-17;/h1-4,13-14,19H,5-12H2;1H. The zero-order chi connectivity index (χ0) is 15.6. The van der Waals surface area contributed by atoms with Gasteiger partial charge in [0.2, 0.25) is 5.91 Å². The van der Waals surface area contributed by atoms with E-state index < -0.39 is 0 Å². The number of carbonyl (C=O) groups is 1. The van der Waals surface area contributed by atoms with Crippen molar-refractivity contribution < 1.29 is 4.79 Å². The third-order valence-electron chi connectivity index (χ3n) is 5.15. The van der Waals surface area contributed by atoms with E-state index in [1.165, 1.54) is 9.71 Å². The molecule has 6 heteroatoms. The normalized spacial score (nSPS) is 20.1. The van der Waals surface area contributed by atoms with Crippen molar-refractivity contribution >= 4 is 39.9 Å². The summed E-state index contributed by atoms with van der Waals surface area (Å²) >= 11 is 1.82. The van der Waals surface area contributed by atoms with Crippen LogP contribution < -0.4 is 5.32 Å². The molecule has 0 spiro atoms. The van der Waals surface area contributed by atoms with E-state index in [0.717, 1.165) is 57.4 Å². The van der Waals surface area contributed by atoms with Gasteiger partial charge in [-0.2, -0.15) is 0 Å². The van der Waals surface area contributed by atoms with E-state index in [1.807, 2.05) is 17.4 Å². The minimum atomic E-state index is 0. The molecule has 0 bridgehead atoms. The second kappa shape index (κ2) is 7.81. The fourth-order valence-corrected chi connectivity index (χ4v) is 4.88. The van der Waals surface area contributed by atoms with E-state index in [1.54, 1.807) is 0 Å². The van der Waals surface area contributed by atoms with Gasteiger partial charge >= 0.3 is 0 Å². The summed E-state index contributed by atoms with van der Waals surface area (Å²) in [5.41, 5.74) is 1.11. The highest BCUT2D eigenvalue weighted by Crippen LogP contribution is 2.34. The Balaban J connectivity index is 0.00000169. The van der Waals surface area contributed by atoms with E-state index in [4.69, 9.17) is 4.98 Å². The molecule has 4 rings (SSSR count). The van der Waals surface area contributed by atoms with Gasteiger partial charge in [0.05, 0.1) is 15.2 Å². The van der Waals surface area contributed by atoms with E-state index in [9.17, 15) is 4.79 Å². The molecule has 2 aliphatic heterocycles. The maximum atomic E-state index is 12.6. The number of hydrogen-bond acceptors (Lipinski definition) is 4. The molecule has 0 radical (unpaired) electrons. The number of halogens is 1. The SMILES string of the molecule is Cl.O=C(C1CCNCC1)N1CCC(c2nc3ccccc3s2)CC1. The molecule has 3 heterocycles. The first-order valence-corrected chi connectivity index (χ1v) is 9.48. The molecule has 2 saturated heterocycles. The average molecular weight is 366 g/mol. The van der Waals surface area contributed by atoms with Crippen LogP contribution in [-0.4, -0.2) is 42.0 Å². The molecule has 0 atom stereocenters. The van der Waals surface area contributed by atoms with Crippen molar-refractivity contribution in [3.63, 3.8) is 0 Å². The smallest absolute Gasteiger partial charge is 0.225 e. The van der Waals surface area contributed by atoms with Gasteiger partial charge in [0.25, 0.3) is 0 Å². The second-order valence-electron chi connectivity index (χ2n) is 6.64. The van der Waals surface area contributed by atoms with Crippen LogP contribution in [0.5, 0.6) is 0 Å². The summed E-state index contributed by atoms with van der Waals surface area (Å²) in [4.78, 5) is 19.5. The minimum Gasteiger partial charge on any atom is -0.342 e. The third kappa shape index (κ3) is 3.58. The quantitative estimate of drug-likeness (QED) is 0.886. The molecular formula is C18H24ClN3OS. The number of para-hydroxylation sites is 1. The Bertz CT molecular complexity index is 657. The number of benzene rings is 1. The highest BCUT2D eigenvalue weighted by atomic mass is 35.5. The number of fused-ring (bicyclic) bond motifs is 1. The zero-order valence-corrected chi connectivity index (χ0v) is 15.4. The van der Waals surface area contributed by atoms with E-state index in [2.05, 4.69) is 28.4 Å². The van der Waals surface area contributed by atoms with Crippen LogP contribution >= 0.6 is 23.7 Å². The average Bonchev–Trinajstić information content (AvgIpc) is 3.06. The fraction of sp³-hybridized carbons (Fsp3) is 0.556. The molecule has 2 aliphatic rings. The van der Waals surface area contributed by atoms with E-state index in [-0.39, 0.29) is 18.3 Å². The number of thiazole rings is 1. The number of carbonyl (C=O) groups excluding carboxylic acids is 1. The number of piperidine rings is 2. The summed E-state index contributed by atoms with van der Waals surface area (Å²) in [5.74, 6) is 1.15. The number of nitrogens with zero attached hydrogens (tertiary/aromatic N) is 2. The molecule has 2 fully saturated rings. The summed E-state index contributed by atoms with van der Waals surface area (Å²) in [6.45, 7) is 3.75. The monoisotopic (exact) mass is 365 g/mol. The van der Waals surface area contributed by atoms with Crippen LogP contribution in [0.25, 0.3) is 10.2 Å². The third-order valence-corrected chi connectivity index (χ3v) is 6.35. The van der Waals surface area contributed by atoms with Crippen LogP contribution in [0.1, 0.15) is 36.6 Å². The maximum absolute atomic E-state index is 12.6. The predicted octanol–water partition coefficient (Wildman–Crippen LogP) is 3.42. The lowest BCUT2D eigenvalue weighted by Crippen LogP contribution is -2.44. The van der Waals surface area contributed by atoms with Gasteiger partial charge in [0, 0.05) is 24.9 Å². The molecule has 2 aromatic rings. The highest BCUT2D eigenvalue weighted by Gasteiger charge is 2.30. The molecule has 130 valence electrons. The first kappa shape index (κ1) is 17.6. The van der Waals surface area contributed by atoms with Gasteiger partial charge in [-0.15, -0.1) is 23.7 Å². The number of hydrogen-bond donors (Lipinski definition) is 1. The molecule has 24 heavy (non-hydrogen) atoms. The van der Waals surface area contributed by atoms with Gasteiger partial charge < -0.3 is 10.2 Å². The van der Waals surface area contributed by atoms with Crippen molar-refractivity contribution in [2.45, 2.75) is 31.6 Å². The van der Waals surface area contributed by atoms with Crippen LogP contribution in [0.15, 0.2) is 24.3 Å². The number of amides is 1. The predicted molar refractivity (Wildman–Crippen MR) is 101 cm³/mol. The first-order valence-electron chi connectivity index (χ1n) is 8.66. The molecule has 1 amide bonds. The summed E-state index contributed by atoms with van der Waals surface area (Å²) < 4.78 is 1.27.